The maximum absolute atomic E-state index is 5.95. The van der Waals surface area contributed by atoms with Crippen LogP contribution in [0.2, 0.25) is 5.02 Å². The van der Waals surface area contributed by atoms with Crippen LogP contribution >= 0.6 is 11.6 Å². The molecule has 3 heteroatoms. The Bertz CT molecular complexity index is 931. The van der Waals surface area contributed by atoms with E-state index in [4.69, 9.17) is 18.0 Å². The zero-order valence-corrected chi connectivity index (χ0v) is 14.9. The first-order valence-electron chi connectivity index (χ1n) is 8.83. The molecule has 0 bridgehead atoms. The van der Waals surface area contributed by atoms with Crippen molar-refractivity contribution < 1.29 is 0 Å². The van der Waals surface area contributed by atoms with Crippen LogP contribution in [0.25, 0.3) is 10.9 Å². The van der Waals surface area contributed by atoms with Crippen molar-refractivity contribution in [2.75, 3.05) is 6.54 Å². The molecule has 1 atom stereocenters. The van der Waals surface area contributed by atoms with Gasteiger partial charge >= 0.3 is 0 Å². The number of halogens is 1. The summed E-state index contributed by atoms with van der Waals surface area (Å²) in [5, 5.41) is 5.80. The molecule has 0 aliphatic heterocycles. The van der Waals surface area contributed by atoms with Crippen molar-refractivity contribution in [1.29, 1.82) is 0 Å². The number of fused-ring (bicyclic) bond motifs is 3. The summed E-state index contributed by atoms with van der Waals surface area (Å²) >= 11 is 5.95. The third-order valence-corrected chi connectivity index (χ3v) is 5.34. The van der Waals surface area contributed by atoms with Gasteiger partial charge in [-0.15, -0.1) is 6.42 Å². The van der Waals surface area contributed by atoms with E-state index in [1.807, 2.05) is 18.2 Å². The highest BCUT2D eigenvalue weighted by Crippen LogP contribution is 2.35. The van der Waals surface area contributed by atoms with Crippen molar-refractivity contribution in [3.8, 4) is 12.3 Å². The summed E-state index contributed by atoms with van der Waals surface area (Å²) < 4.78 is 0. The molecule has 25 heavy (non-hydrogen) atoms. The second kappa shape index (κ2) is 6.96. The molecule has 4 rings (SSSR count). The number of nitrogens with one attached hydrogen (secondary N) is 2. The largest absolute Gasteiger partial charge is 0.357 e. The van der Waals surface area contributed by atoms with Gasteiger partial charge in [-0.05, 0) is 73.7 Å². The lowest BCUT2D eigenvalue weighted by Gasteiger charge is -2.24. The molecule has 0 spiro atoms. The number of terminal acetylenes is 1. The standard InChI is InChI=1S/C22H21ClN2/c1-2-15-8-11-20-19(14-15)18-4-3-5-21(22(18)25-20)24-13-12-16-6-9-17(23)10-7-16/h1,6-11,14,21,24-25H,3-5,12-13H2. The first-order chi connectivity index (χ1) is 12.2. The van der Waals surface area contributed by atoms with Gasteiger partial charge in [0.25, 0.3) is 0 Å². The van der Waals surface area contributed by atoms with E-state index in [1.54, 1.807) is 0 Å². The SMILES string of the molecule is C#Cc1ccc2[nH]c3c(c2c1)CCCC3NCCc1ccc(Cl)cc1. The van der Waals surface area contributed by atoms with E-state index in [0.717, 1.165) is 30.0 Å². The van der Waals surface area contributed by atoms with Crippen LogP contribution in [-0.4, -0.2) is 11.5 Å². The normalized spacial score (nSPS) is 16.6. The maximum atomic E-state index is 5.95. The molecular weight excluding hydrogens is 328 g/mol. The molecule has 0 saturated carbocycles. The average molecular weight is 349 g/mol. The Morgan fingerprint density at radius 2 is 2.04 bits per heavy atom. The van der Waals surface area contributed by atoms with Crippen molar-refractivity contribution in [3.63, 3.8) is 0 Å². The number of H-pyrrole nitrogens is 1. The maximum Gasteiger partial charge on any atom is 0.0476 e. The molecule has 0 saturated heterocycles. The molecule has 3 aromatic rings. The van der Waals surface area contributed by atoms with Crippen LogP contribution in [0.3, 0.4) is 0 Å². The average Bonchev–Trinajstić information content (AvgIpc) is 3.02. The summed E-state index contributed by atoms with van der Waals surface area (Å²) in [6.07, 6.45) is 10.1. The molecule has 2 aromatic carbocycles. The minimum atomic E-state index is 0.387. The molecule has 1 aliphatic carbocycles. The molecule has 1 unspecified atom stereocenters. The van der Waals surface area contributed by atoms with Gasteiger partial charge in [0.05, 0.1) is 0 Å². The summed E-state index contributed by atoms with van der Waals surface area (Å²) in [5.74, 6) is 2.74. The minimum Gasteiger partial charge on any atom is -0.357 e. The summed E-state index contributed by atoms with van der Waals surface area (Å²) in [7, 11) is 0. The Kier molecular flexibility index (Phi) is 4.53. The Hall–Kier alpha value is -2.21. The zero-order chi connectivity index (χ0) is 17.2. The van der Waals surface area contributed by atoms with Gasteiger partial charge in [0.15, 0.2) is 0 Å². The van der Waals surface area contributed by atoms with Crippen LogP contribution in [0.1, 0.15) is 41.3 Å². The molecule has 2 N–H and O–H groups in total. The zero-order valence-electron chi connectivity index (χ0n) is 14.1. The van der Waals surface area contributed by atoms with E-state index in [2.05, 4.69) is 40.5 Å². The number of hydrogen-bond donors (Lipinski definition) is 2. The highest BCUT2D eigenvalue weighted by atomic mass is 35.5. The Labute approximate surface area is 153 Å². The molecule has 0 fully saturated rings. The predicted octanol–water partition coefficient (Wildman–Crippen LogP) is 5.01. The van der Waals surface area contributed by atoms with Gasteiger partial charge in [-0.2, -0.15) is 0 Å². The number of rotatable bonds is 4. The van der Waals surface area contributed by atoms with Gasteiger partial charge in [-0.1, -0.05) is 29.7 Å². The first kappa shape index (κ1) is 16.3. The quantitative estimate of drug-likeness (QED) is 0.637. The van der Waals surface area contributed by atoms with E-state index in [1.165, 1.54) is 40.6 Å². The molecule has 2 nitrogen and oxygen atoms in total. The van der Waals surface area contributed by atoms with Crippen molar-refractivity contribution in [1.82, 2.24) is 10.3 Å². The summed E-state index contributed by atoms with van der Waals surface area (Å²) in [4.78, 5) is 3.63. The number of aromatic amines is 1. The predicted molar refractivity (Wildman–Crippen MR) is 105 cm³/mol. The second-order valence-electron chi connectivity index (χ2n) is 6.70. The molecule has 0 radical (unpaired) electrons. The molecule has 1 aliphatic rings. The smallest absolute Gasteiger partial charge is 0.0476 e. The van der Waals surface area contributed by atoms with E-state index < -0.39 is 0 Å². The van der Waals surface area contributed by atoms with Crippen molar-refractivity contribution in [2.24, 2.45) is 0 Å². The van der Waals surface area contributed by atoms with E-state index in [9.17, 15) is 0 Å². The Morgan fingerprint density at radius 3 is 2.84 bits per heavy atom. The molecule has 1 heterocycles. The fourth-order valence-electron chi connectivity index (χ4n) is 3.80. The van der Waals surface area contributed by atoms with Crippen LogP contribution < -0.4 is 5.32 Å². The third kappa shape index (κ3) is 3.31. The lowest BCUT2D eigenvalue weighted by Crippen LogP contribution is -2.27. The lowest BCUT2D eigenvalue weighted by atomic mass is 9.91. The monoisotopic (exact) mass is 348 g/mol. The van der Waals surface area contributed by atoms with E-state index in [-0.39, 0.29) is 0 Å². The highest BCUT2D eigenvalue weighted by molar-refractivity contribution is 6.30. The van der Waals surface area contributed by atoms with Gasteiger partial charge in [-0.25, -0.2) is 0 Å². The fourth-order valence-corrected chi connectivity index (χ4v) is 3.92. The first-order valence-corrected chi connectivity index (χ1v) is 9.21. The summed E-state index contributed by atoms with van der Waals surface area (Å²) in [6, 6.07) is 14.7. The molecular formula is C22H21ClN2. The van der Waals surface area contributed by atoms with Crippen LogP contribution in [0.15, 0.2) is 42.5 Å². The topological polar surface area (TPSA) is 27.8 Å². The number of benzene rings is 2. The molecule has 126 valence electrons. The van der Waals surface area contributed by atoms with E-state index >= 15 is 0 Å². The molecule has 1 aromatic heterocycles. The molecule has 0 amide bonds. The summed E-state index contributed by atoms with van der Waals surface area (Å²) in [5.41, 5.74) is 6.22. The third-order valence-electron chi connectivity index (χ3n) is 5.09. The minimum absolute atomic E-state index is 0.387. The number of hydrogen-bond acceptors (Lipinski definition) is 1. The van der Waals surface area contributed by atoms with Crippen molar-refractivity contribution in [2.45, 2.75) is 31.7 Å². The Morgan fingerprint density at radius 1 is 1.20 bits per heavy atom. The fraction of sp³-hybridized carbons (Fsp3) is 0.273. The van der Waals surface area contributed by atoms with E-state index in [0.29, 0.717) is 6.04 Å². The van der Waals surface area contributed by atoms with Crippen LogP contribution in [0.4, 0.5) is 0 Å². The van der Waals surface area contributed by atoms with Crippen LogP contribution in [0, 0.1) is 12.3 Å². The van der Waals surface area contributed by atoms with Gasteiger partial charge in [0, 0.05) is 33.2 Å². The van der Waals surface area contributed by atoms with Gasteiger partial charge in [0.1, 0.15) is 0 Å². The van der Waals surface area contributed by atoms with Crippen molar-refractivity contribution in [3.05, 3.63) is 69.9 Å². The van der Waals surface area contributed by atoms with Gasteiger partial charge in [-0.3, -0.25) is 0 Å². The van der Waals surface area contributed by atoms with Gasteiger partial charge < -0.3 is 10.3 Å². The van der Waals surface area contributed by atoms with Crippen molar-refractivity contribution >= 4 is 22.5 Å². The number of aromatic nitrogens is 1. The Balaban J connectivity index is 1.51. The van der Waals surface area contributed by atoms with Crippen LogP contribution in [0.5, 0.6) is 0 Å². The number of aryl methyl sites for hydroxylation is 1. The second-order valence-corrected chi connectivity index (χ2v) is 7.13. The summed E-state index contributed by atoms with van der Waals surface area (Å²) in [6.45, 7) is 0.955. The lowest BCUT2D eigenvalue weighted by molar-refractivity contribution is 0.456. The van der Waals surface area contributed by atoms with Crippen LogP contribution in [-0.2, 0) is 12.8 Å². The highest BCUT2D eigenvalue weighted by Gasteiger charge is 2.23. The van der Waals surface area contributed by atoms with Gasteiger partial charge in [0.2, 0.25) is 0 Å².